The van der Waals surface area contributed by atoms with E-state index in [-0.39, 0.29) is 17.5 Å². The van der Waals surface area contributed by atoms with Gasteiger partial charge in [-0.15, -0.1) is 0 Å². The van der Waals surface area contributed by atoms with E-state index < -0.39 is 0 Å². The standard InChI is InChI=1S/C8H16N2O/c1-8(2,3)5-10-6(9)4-7(10)11/h6H,4-5,9H2,1-3H3. The molecule has 0 radical (unpaired) electrons. The van der Waals surface area contributed by atoms with Crippen LogP contribution in [0.3, 0.4) is 0 Å². The summed E-state index contributed by atoms with van der Waals surface area (Å²) in [5, 5.41) is 0. The molecule has 3 nitrogen and oxygen atoms in total. The van der Waals surface area contributed by atoms with Crippen molar-refractivity contribution >= 4 is 5.91 Å². The van der Waals surface area contributed by atoms with Crippen molar-refractivity contribution in [3.63, 3.8) is 0 Å². The number of carbonyl (C=O) groups is 1. The van der Waals surface area contributed by atoms with Crippen molar-refractivity contribution < 1.29 is 4.79 Å². The summed E-state index contributed by atoms with van der Waals surface area (Å²) >= 11 is 0. The van der Waals surface area contributed by atoms with Gasteiger partial charge in [0.1, 0.15) is 0 Å². The van der Waals surface area contributed by atoms with Crippen molar-refractivity contribution in [2.75, 3.05) is 6.54 Å². The maximum Gasteiger partial charge on any atom is 0.227 e. The predicted molar refractivity (Wildman–Crippen MR) is 43.8 cm³/mol. The zero-order chi connectivity index (χ0) is 8.65. The Bertz CT molecular complexity index is 171. The Kier molecular flexibility index (Phi) is 1.92. The first kappa shape index (κ1) is 8.53. The van der Waals surface area contributed by atoms with Gasteiger partial charge in [0, 0.05) is 6.54 Å². The normalized spacial score (nSPS) is 25.3. The number of hydrogen-bond donors (Lipinski definition) is 1. The van der Waals surface area contributed by atoms with Crippen molar-refractivity contribution in [2.45, 2.75) is 33.4 Å². The Morgan fingerprint density at radius 1 is 1.64 bits per heavy atom. The van der Waals surface area contributed by atoms with E-state index in [2.05, 4.69) is 20.8 Å². The van der Waals surface area contributed by atoms with Gasteiger partial charge in [-0.05, 0) is 5.41 Å². The molecule has 11 heavy (non-hydrogen) atoms. The van der Waals surface area contributed by atoms with E-state index >= 15 is 0 Å². The quantitative estimate of drug-likeness (QED) is 0.563. The lowest BCUT2D eigenvalue weighted by Gasteiger charge is -2.41. The van der Waals surface area contributed by atoms with Gasteiger partial charge < -0.3 is 10.6 Å². The van der Waals surface area contributed by atoms with Crippen LogP contribution in [0.4, 0.5) is 0 Å². The van der Waals surface area contributed by atoms with Gasteiger partial charge in [0.25, 0.3) is 0 Å². The third-order valence-corrected chi connectivity index (χ3v) is 1.75. The van der Waals surface area contributed by atoms with Crippen LogP contribution in [0, 0.1) is 5.41 Å². The summed E-state index contributed by atoms with van der Waals surface area (Å²) in [6.07, 6.45) is 0.498. The lowest BCUT2D eigenvalue weighted by Crippen LogP contribution is -2.59. The zero-order valence-electron chi connectivity index (χ0n) is 7.42. The molecule has 0 aliphatic carbocycles. The minimum Gasteiger partial charge on any atom is -0.326 e. The molecule has 1 atom stereocenters. The van der Waals surface area contributed by atoms with Crippen LogP contribution in [0.5, 0.6) is 0 Å². The van der Waals surface area contributed by atoms with Gasteiger partial charge in [-0.25, -0.2) is 0 Å². The van der Waals surface area contributed by atoms with E-state index in [0.29, 0.717) is 6.42 Å². The van der Waals surface area contributed by atoms with E-state index in [1.807, 2.05) is 0 Å². The Hall–Kier alpha value is -0.570. The Labute approximate surface area is 67.5 Å². The van der Waals surface area contributed by atoms with E-state index in [9.17, 15) is 4.79 Å². The summed E-state index contributed by atoms with van der Waals surface area (Å²) in [6, 6.07) is 0. The molecular formula is C8H16N2O. The molecule has 1 aliphatic heterocycles. The number of nitrogens with zero attached hydrogens (tertiary/aromatic N) is 1. The maximum absolute atomic E-state index is 11.0. The second-order valence-corrected chi connectivity index (χ2v) is 4.35. The molecule has 1 heterocycles. The Balaban J connectivity index is 2.43. The summed E-state index contributed by atoms with van der Waals surface area (Å²) in [6.45, 7) is 7.08. The van der Waals surface area contributed by atoms with Crippen molar-refractivity contribution in [1.29, 1.82) is 0 Å². The largest absolute Gasteiger partial charge is 0.326 e. The second-order valence-electron chi connectivity index (χ2n) is 4.35. The lowest BCUT2D eigenvalue weighted by molar-refractivity contribution is -0.147. The summed E-state index contributed by atoms with van der Waals surface area (Å²) < 4.78 is 0. The number of nitrogens with two attached hydrogens (primary N) is 1. The highest BCUT2D eigenvalue weighted by Crippen LogP contribution is 2.22. The Morgan fingerprint density at radius 2 is 2.18 bits per heavy atom. The fraction of sp³-hybridized carbons (Fsp3) is 0.875. The summed E-state index contributed by atoms with van der Waals surface area (Å²) in [4.78, 5) is 12.7. The van der Waals surface area contributed by atoms with Crippen molar-refractivity contribution in [3.8, 4) is 0 Å². The van der Waals surface area contributed by atoms with E-state index in [1.165, 1.54) is 0 Å². The van der Waals surface area contributed by atoms with Crippen LogP contribution in [0.2, 0.25) is 0 Å². The Morgan fingerprint density at radius 3 is 2.36 bits per heavy atom. The third kappa shape index (κ3) is 1.93. The molecule has 2 N–H and O–H groups in total. The average molecular weight is 156 g/mol. The summed E-state index contributed by atoms with van der Waals surface area (Å²) in [5.74, 6) is 0.187. The molecule has 1 fully saturated rings. The number of carbonyl (C=O) groups excluding carboxylic acids is 1. The number of β-lactam (4-membered cyclic amide) rings is 1. The van der Waals surface area contributed by atoms with Gasteiger partial charge in [0.05, 0.1) is 12.6 Å². The summed E-state index contributed by atoms with van der Waals surface area (Å²) in [7, 11) is 0. The van der Waals surface area contributed by atoms with E-state index in [4.69, 9.17) is 5.73 Å². The highest BCUT2D eigenvalue weighted by atomic mass is 16.2. The van der Waals surface area contributed by atoms with Crippen LogP contribution in [-0.2, 0) is 4.79 Å². The van der Waals surface area contributed by atoms with E-state index in [0.717, 1.165) is 6.54 Å². The molecule has 1 saturated heterocycles. The SMILES string of the molecule is CC(C)(C)CN1C(=O)CC1N. The molecule has 3 heteroatoms. The first-order valence-corrected chi connectivity index (χ1v) is 3.95. The number of hydrogen-bond acceptors (Lipinski definition) is 2. The molecule has 64 valence electrons. The van der Waals surface area contributed by atoms with Crippen LogP contribution in [0.25, 0.3) is 0 Å². The molecular weight excluding hydrogens is 140 g/mol. The predicted octanol–water partition coefficient (Wildman–Crippen LogP) is 0.550. The van der Waals surface area contributed by atoms with Gasteiger partial charge in [-0.3, -0.25) is 4.79 Å². The zero-order valence-corrected chi connectivity index (χ0v) is 7.42. The fourth-order valence-electron chi connectivity index (χ4n) is 1.20. The van der Waals surface area contributed by atoms with Gasteiger partial charge in [-0.1, -0.05) is 20.8 Å². The van der Waals surface area contributed by atoms with Crippen LogP contribution in [0.1, 0.15) is 27.2 Å². The van der Waals surface area contributed by atoms with Crippen LogP contribution in [-0.4, -0.2) is 23.5 Å². The van der Waals surface area contributed by atoms with Crippen molar-refractivity contribution in [1.82, 2.24) is 4.90 Å². The monoisotopic (exact) mass is 156 g/mol. The number of likely N-dealkylation sites (tertiary alicyclic amines) is 1. The average Bonchev–Trinajstić information content (AvgIpc) is 1.83. The number of rotatable bonds is 1. The second kappa shape index (κ2) is 2.48. The molecule has 0 aromatic rings. The smallest absolute Gasteiger partial charge is 0.227 e. The molecule has 0 spiro atoms. The molecule has 0 aromatic carbocycles. The molecule has 0 aromatic heterocycles. The molecule has 1 amide bonds. The molecule has 0 bridgehead atoms. The van der Waals surface area contributed by atoms with Crippen LogP contribution < -0.4 is 5.73 Å². The molecule has 1 rings (SSSR count). The van der Waals surface area contributed by atoms with Gasteiger partial charge in [-0.2, -0.15) is 0 Å². The van der Waals surface area contributed by atoms with Crippen LogP contribution >= 0.6 is 0 Å². The van der Waals surface area contributed by atoms with E-state index in [1.54, 1.807) is 4.90 Å². The maximum atomic E-state index is 11.0. The minimum atomic E-state index is -0.0262. The summed E-state index contributed by atoms with van der Waals surface area (Å²) in [5.41, 5.74) is 5.79. The van der Waals surface area contributed by atoms with Crippen LogP contribution in [0.15, 0.2) is 0 Å². The molecule has 1 aliphatic rings. The van der Waals surface area contributed by atoms with Gasteiger partial charge in [0.2, 0.25) is 5.91 Å². The number of amides is 1. The lowest BCUT2D eigenvalue weighted by atomic mass is 9.93. The first-order valence-electron chi connectivity index (χ1n) is 3.95. The van der Waals surface area contributed by atoms with Gasteiger partial charge >= 0.3 is 0 Å². The molecule has 0 saturated carbocycles. The van der Waals surface area contributed by atoms with Gasteiger partial charge in [0.15, 0.2) is 0 Å². The third-order valence-electron chi connectivity index (χ3n) is 1.75. The highest BCUT2D eigenvalue weighted by molar-refractivity contribution is 5.82. The topological polar surface area (TPSA) is 46.3 Å². The van der Waals surface area contributed by atoms with Crippen molar-refractivity contribution in [2.24, 2.45) is 11.1 Å². The molecule has 1 unspecified atom stereocenters. The minimum absolute atomic E-state index is 0.0262. The first-order chi connectivity index (χ1) is 4.90. The fourth-order valence-corrected chi connectivity index (χ4v) is 1.20. The highest BCUT2D eigenvalue weighted by Gasteiger charge is 2.35. The van der Waals surface area contributed by atoms with Crippen molar-refractivity contribution in [3.05, 3.63) is 0 Å².